The number of amides is 1. The Balaban J connectivity index is 1.40. The predicted molar refractivity (Wildman–Crippen MR) is 104 cm³/mol. The van der Waals surface area contributed by atoms with Gasteiger partial charge in [-0.15, -0.1) is 0 Å². The molecule has 0 bridgehead atoms. The number of nitrogens with zero attached hydrogens (tertiary/aromatic N) is 2. The Kier molecular flexibility index (Phi) is 6.84. The Morgan fingerprint density at radius 2 is 1.81 bits per heavy atom. The van der Waals surface area contributed by atoms with Crippen molar-refractivity contribution in [1.82, 2.24) is 9.78 Å². The molecule has 6 nitrogen and oxygen atoms in total. The molecule has 7 heteroatoms. The van der Waals surface area contributed by atoms with E-state index in [0.717, 1.165) is 11.3 Å². The fraction of sp³-hybridized carbons (Fsp3) is 0.200. The Labute approximate surface area is 162 Å². The number of aromatic nitrogens is 2. The molecule has 0 radical (unpaired) electrons. The molecule has 1 N–H and O–H groups in total. The van der Waals surface area contributed by atoms with Crippen LogP contribution in [0.5, 0.6) is 5.75 Å². The number of hydrogen-bond acceptors (Lipinski definition) is 4. The van der Waals surface area contributed by atoms with Gasteiger partial charge in [0.15, 0.2) is 0 Å². The van der Waals surface area contributed by atoms with E-state index in [1.807, 2.05) is 54.6 Å². The van der Waals surface area contributed by atoms with Crippen LogP contribution < -0.4 is 10.1 Å². The number of ether oxygens (including phenoxy) is 2. The summed E-state index contributed by atoms with van der Waals surface area (Å²) in [5, 5.41) is 7.72. The molecular weight excluding hydrogens is 366 g/mol. The molecule has 0 aliphatic heterocycles. The number of hydrogen-bond donors (Lipinski definition) is 1. The first-order valence-electron chi connectivity index (χ1n) is 8.52. The van der Waals surface area contributed by atoms with E-state index in [9.17, 15) is 4.79 Å². The maximum atomic E-state index is 12.1. The van der Waals surface area contributed by atoms with Gasteiger partial charge < -0.3 is 14.8 Å². The van der Waals surface area contributed by atoms with Gasteiger partial charge in [0.05, 0.1) is 19.3 Å². The van der Waals surface area contributed by atoms with Gasteiger partial charge in [0.2, 0.25) is 0 Å². The van der Waals surface area contributed by atoms with E-state index in [1.54, 1.807) is 16.9 Å². The lowest BCUT2D eigenvalue weighted by Crippen LogP contribution is -2.22. The van der Waals surface area contributed by atoms with Crippen LogP contribution in [0.3, 0.4) is 0 Å². The molecule has 1 heterocycles. The molecule has 3 aromatic rings. The van der Waals surface area contributed by atoms with Gasteiger partial charge in [0.1, 0.15) is 24.8 Å². The molecule has 2 aromatic carbocycles. The van der Waals surface area contributed by atoms with Gasteiger partial charge >= 0.3 is 0 Å². The van der Waals surface area contributed by atoms with E-state index in [2.05, 4.69) is 10.4 Å². The van der Waals surface area contributed by atoms with Crippen LogP contribution in [0.15, 0.2) is 66.9 Å². The molecule has 0 spiro atoms. The van der Waals surface area contributed by atoms with Crippen molar-refractivity contribution in [2.45, 2.75) is 6.54 Å². The van der Waals surface area contributed by atoms with Crippen LogP contribution in [-0.4, -0.2) is 35.5 Å². The minimum Gasteiger partial charge on any atom is -0.491 e. The Morgan fingerprint density at radius 1 is 1.04 bits per heavy atom. The zero-order valence-electron chi connectivity index (χ0n) is 14.7. The van der Waals surface area contributed by atoms with Crippen molar-refractivity contribution < 1.29 is 14.3 Å². The molecule has 0 aliphatic carbocycles. The number of carbonyl (C=O) groups is 1. The summed E-state index contributed by atoms with van der Waals surface area (Å²) in [5.74, 6) is 1.14. The molecule has 0 saturated heterocycles. The van der Waals surface area contributed by atoms with E-state index < -0.39 is 0 Å². The van der Waals surface area contributed by atoms with Crippen LogP contribution >= 0.6 is 11.6 Å². The van der Waals surface area contributed by atoms with E-state index in [1.165, 1.54) is 0 Å². The number of nitrogens with one attached hydrogen (secondary N) is 1. The lowest BCUT2D eigenvalue weighted by Gasteiger charge is -2.10. The highest BCUT2D eigenvalue weighted by molar-refractivity contribution is 6.30. The second-order valence-corrected chi connectivity index (χ2v) is 6.20. The van der Waals surface area contributed by atoms with Crippen LogP contribution in [0.4, 0.5) is 5.82 Å². The van der Waals surface area contributed by atoms with E-state index in [0.29, 0.717) is 30.6 Å². The van der Waals surface area contributed by atoms with Crippen molar-refractivity contribution in [3.8, 4) is 5.75 Å². The van der Waals surface area contributed by atoms with Crippen molar-refractivity contribution in [2.75, 3.05) is 25.1 Å². The van der Waals surface area contributed by atoms with Crippen LogP contribution in [0.1, 0.15) is 5.56 Å². The maximum Gasteiger partial charge on any atom is 0.251 e. The molecular formula is C20H20ClN3O3. The zero-order chi connectivity index (χ0) is 18.9. The fourth-order valence-corrected chi connectivity index (χ4v) is 2.53. The van der Waals surface area contributed by atoms with Crippen molar-refractivity contribution in [2.24, 2.45) is 0 Å². The monoisotopic (exact) mass is 385 g/mol. The highest BCUT2D eigenvalue weighted by atomic mass is 35.5. The smallest absolute Gasteiger partial charge is 0.251 e. The second kappa shape index (κ2) is 9.75. The van der Waals surface area contributed by atoms with Gasteiger partial charge in [-0.05, 0) is 29.8 Å². The fourth-order valence-electron chi connectivity index (χ4n) is 2.41. The molecule has 0 fully saturated rings. The largest absolute Gasteiger partial charge is 0.491 e. The first-order chi connectivity index (χ1) is 13.2. The summed E-state index contributed by atoms with van der Waals surface area (Å²) in [4.78, 5) is 12.1. The number of rotatable bonds is 9. The number of halogens is 1. The van der Waals surface area contributed by atoms with E-state index in [-0.39, 0.29) is 12.5 Å². The molecule has 1 aromatic heterocycles. The zero-order valence-corrected chi connectivity index (χ0v) is 15.4. The minimum atomic E-state index is -0.243. The number of benzene rings is 2. The number of anilines is 1. The van der Waals surface area contributed by atoms with Gasteiger partial charge in [-0.1, -0.05) is 41.9 Å². The molecule has 1 amide bonds. The normalized spacial score (nSPS) is 10.6. The Morgan fingerprint density at radius 3 is 2.59 bits per heavy atom. The third-order valence-electron chi connectivity index (χ3n) is 3.70. The Bertz CT molecular complexity index is 850. The highest BCUT2D eigenvalue weighted by Gasteiger charge is 2.08. The summed E-state index contributed by atoms with van der Waals surface area (Å²) in [6, 6.07) is 18.7. The van der Waals surface area contributed by atoms with E-state index in [4.69, 9.17) is 21.1 Å². The first-order valence-corrected chi connectivity index (χ1v) is 8.90. The van der Waals surface area contributed by atoms with Gasteiger partial charge in [-0.2, -0.15) is 5.10 Å². The highest BCUT2D eigenvalue weighted by Crippen LogP contribution is 2.13. The lowest BCUT2D eigenvalue weighted by atomic mass is 10.2. The van der Waals surface area contributed by atoms with Gasteiger partial charge in [-0.25, -0.2) is 4.68 Å². The van der Waals surface area contributed by atoms with Crippen LogP contribution in [-0.2, 0) is 16.1 Å². The molecule has 140 valence electrons. The molecule has 0 unspecified atom stereocenters. The van der Waals surface area contributed by atoms with Crippen molar-refractivity contribution in [1.29, 1.82) is 0 Å². The summed E-state index contributed by atoms with van der Waals surface area (Å²) < 4.78 is 12.6. The first kappa shape index (κ1) is 18.9. The average Bonchev–Trinajstić information content (AvgIpc) is 3.11. The van der Waals surface area contributed by atoms with Crippen molar-refractivity contribution in [3.63, 3.8) is 0 Å². The second-order valence-electron chi connectivity index (χ2n) is 5.76. The van der Waals surface area contributed by atoms with Crippen molar-refractivity contribution in [3.05, 3.63) is 77.4 Å². The van der Waals surface area contributed by atoms with Gasteiger partial charge in [0.25, 0.3) is 5.91 Å². The third kappa shape index (κ3) is 6.13. The molecule has 3 rings (SSSR count). The number of para-hydroxylation sites is 1. The minimum absolute atomic E-state index is 0.0513. The Hall–Kier alpha value is -2.83. The van der Waals surface area contributed by atoms with Crippen LogP contribution in [0.2, 0.25) is 5.02 Å². The topological polar surface area (TPSA) is 65.4 Å². The van der Waals surface area contributed by atoms with Crippen LogP contribution in [0, 0.1) is 0 Å². The number of carbonyl (C=O) groups excluding carboxylic acids is 1. The lowest BCUT2D eigenvalue weighted by molar-refractivity contribution is -0.120. The van der Waals surface area contributed by atoms with Gasteiger partial charge in [-0.3, -0.25) is 4.79 Å². The molecule has 27 heavy (non-hydrogen) atoms. The predicted octanol–water partition coefficient (Wildman–Crippen LogP) is 3.62. The summed E-state index contributed by atoms with van der Waals surface area (Å²) in [6.07, 6.45) is 1.64. The maximum absolute atomic E-state index is 12.1. The summed E-state index contributed by atoms with van der Waals surface area (Å²) in [6.45, 7) is 1.19. The summed E-state index contributed by atoms with van der Waals surface area (Å²) in [7, 11) is 0. The molecule has 0 atom stereocenters. The van der Waals surface area contributed by atoms with Crippen LogP contribution in [0.25, 0.3) is 0 Å². The average molecular weight is 386 g/mol. The summed E-state index contributed by atoms with van der Waals surface area (Å²) in [5.41, 5.74) is 1.04. The molecule has 0 saturated carbocycles. The van der Waals surface area contributed by atoms with Gasteiger partial charge in [0, 0.05) is 11.1 Å². The quantitative estimate of drug-likeness (QED) is 0.571. The third-order valence-corrected chi connectivity index (χ3v) is 3.95. The summed E-state index contributed by atoms with van der Waals surface area (Å²) >= 11 is 5.90. The van der Waals surface area contributed by atoms with Crippen molar-refractivity contribution >= 4 is 23.3 Å². The molecule has 0 aliphatic rings. The SMILES string of the molecule is O=C(COCCOc1ccccc1)Nc1ccnn1Cc1ccc(Cl)cc1. The van der Waals surface area contributed by atoms with E-state index >= 15 is 0 Å². The standard InChI is InChI=1S/C20H20ClN3O3/c21-17-8-6-16(7-9-17)14-24-19(10-11-22-24)23-20(25)15-26-12-13-27-18-4-2-1-3-5-18/h1-11H,12-15H2,(H,23,25).